The van der Waals surface area contributed by atoms with E-state index < -0.39 is 5.54 Å². The molecule has 0 saturated carbocycles. The number of nitrogens with zero attached hydrogens (tertiary/aromatic N) is 1. The van der Waals surface area contributed by atoms with Crippen LogP contribution in [0.5, 0.6) is 0 Å². The molecule has 0 radical (unpaired) electrons. The van der Waals surface area contributed by atoms with Crippen LogP contribution in [0.1, 0.15) is 21.6 Å². The van der Waals surface area contributed by atoms with Crippen LogP contribution in [-0.4, -0.2) is 9.97 Å². The van der Waals surface area contributed by atoms with Gasteiger partial charge >= 0.3 is 0 Å². The monoisotopic (exact) mass is 416 g/mol. The standard InChI is InChI=1S/C23H20N4S2/c24-20-19(21(25)28)29-22(26-20)27-23(16-10-4-1-5-11-16,17-12-6-2-7-13-17)18-14-8-3-9-15-18/h1-15H,24H2,(H2,25,28)(H,26,27). The lowest BCUT2D eigenvalue weighted by molar-refractivity contribution is 0.710. The number of nitrogen functional groups attached to an aromatic ring is 1. The number of anilines is 2. The molecule has 0 spiro atoms. The van der Waals surface area contributed by atoms with Gasteiger partial charge in [0.2, 0.25) is 0 Å². The predicted octanol–water partition coefficient (Wildman–Crippen LogP) is 4.76. The van der Waals surface area contributed by atoms with E-state index in [4.69, 9.17) is 23.7 Å². The predicted molar refractivity (Wildman–Crippen MR) is 125 cm³/mol. The number of rotatable bonds is 6. The van der Waals surface area contributed by atoms with Crippen LogP contribution in [0, 0.1) is 0 Å². The van der Waals surface area contributed by atoms with Gasteiger partial charge in [0.1, 0.15) is 21.2 Å². The number of thiocarbonyl (C=S) groups is 1. The quantitative estimate of drug-likeness (QED) is 0.312. The van der Waals surface area contributed by atoms with E-state index in [1.54, 1.807) is 0 Å². The van der Waals surface area contributed by atoms with E-state index in [2.05, 4.69) is 46.7 Å². The summed E-state index contributed by atoms with van der Waals surface area (Å²) in [5, 5.41) is 4.32. The van der Waals surface area contributed by atoms with Crippen molar-refractivity contribution in [1.29, 1.82) is 0 Å². The lowest BCUT2D eigenvalue weighted by Crippen LogP contribution is -2.38. The molecule has 6 heteroatoms. The molecule has 3 aromatic carbocycles. The molecule has 0 unspecified atom stereocenters. The Bertz CT molecular complexity index is 1010. The molecular formula is C23H20N4S2. The van der Waals surface area contributed by atoms with Crippen molar-refractivity contribution >= 4 is 39.5 Å². The van der Waals surface area contributed by atoms with Crippen molar-refractivity contribution in [2.75, 3.05) is 11.1 Å². The second kappa shape index (κ2) is 8.03. The van der Waals surface area contributed by atoms with Gasteiger partial charge in [-0.05, 0) is 16.7 Å². The zero-order valence-electron chi connectivity index (χ0n) is 15.6. The summed E-state index contributed by atoms with van der Waals surface area (Å²) in [7, 11) is 0. The third-order valence-corrected chi connectivity index (χ3v) is 6.15. The number of aromatic nitrogens is 1. The van der Waals surface area contributed by atoms with Crippen LogP contribution in [0.25, 0.3) is 0 Å². The summed E-state index contributed by atoms with van der Waals surface area (Å²) in [6.45, 7) is 0. The summed E-state index contributed by atoms with van der Waals surface area (Å²) < 4.78 is 0. The van der Waals surface area contributed by atoms with E-state index in [0.717, 1.165) is 16.7 Å². The molecule has 0 saturated heterocycles. The Morgan fingerprint density at radius 1 is 0.793 bits per heavy atom. The summed E-state index contributed by atoms with van der Waals surface area (Å²) in [5.41, 5.74) is 14.5. The second-order valence-corrected chi connectivity index (χ2v) is 8.01. The maximum atomic E-state index is 6.07. The number of nitrogens with two attached hydrogens (primary N) is 2. The molecule has 4 nitrogen and oxygen atoms in total. The van der Waals surface area contributed by atoms with Crippen molar-refractivity contribution < 1.29 is 0 Å². The molecule has 4 aromatic rings. The molecule has 0 aliphatic heterocycles. The van der Waals surface area contributed by atoms with Crippen LogP contribution in [-0.2, 0) is 5.54 Å². The topological polar surface area (TPSA) is 77.0 Å². The largest absolute Gasteiger partial charge is 0.389 e. The Morgan fingerprint density at radius 3 is 1.55 bits per heavy atom. The van der Waals surface area contributed by atoms with Gasteiger partial charge in [0.15, 0.2) is 5.13 Å². The highest BCUT2D eigenvalue weighted by Crippen LogP contribution is 2.41. The summed E-state index contributed by atoms with van der Waals surface area (Å²) in [4.78, 5) is 5.38. The van der Waals surface area contributed by atoms with Crippen molar-refractivity contribution in [1.82, 2.24) is 4.98 Å². The molecule has 0 aliphatic rings. The van der Waals surface area contributed by atoms with Gasteiger partial charge < -0.3 is 16.8 Å². The maximum Gasteiger partial charge on any atom is 0.186 e. The minimum Gasteiger partial charge on any atom is -0.389 e. The average molecular weight is 417 g/mol. The van der Waals surface area contributed by atoms with Crippen molar-refractivity contribution in [3.63, 3.8) is 0 Å². The SMILES string of the molecule is NC(=S)c1sc(NC(c2ccccc2)(c2ccccc2)c2ccccc2)nc1N. The fraction of sp³-hybridized carbons (Fsp3) is 0.0435. The maximum absolute atomic E-state index is 6.07. The highest BCUT2D eigenvalue weighted by atomic mass is 32.1. The molecule has 0 bridgehead atoms. The van der Waals surface area contributed by atoms with Crippen molar-refractivity contribution in [2.45, 2.75) is 5.54 Å². The highest BCUT2D eigenvalue weighted by molar-refractivity contribution is 7.81. The highest BCUT2D eigenvalue weighted by Gasteiger charge is 2.37. The Labute approximate surface area is 179 Å². The van der Waals surface area contributed by atoms with Crippen LogP contribution in [0.15, 0.2) is 91.0 Å². The average Bonchev–Trinajstić information content (AvgIpc) is 3.14. The Balaban J connectivity index is 1.98. The number of hydrogen-bond acceptors (Lipinski definition) is 5. The van der Waals surface area contributed by atoms with Gasteiger partial charge in [0.25, 0.3) is 0 Å². The van der Waals surface area contributed by atoms with E-state index in [1.165, 1.54) is 11.3 Å². The number of nitrogens with one attached hydrogen (secondary N) is 1. The lowest BCUT2D eigenvalue weighted by atomic mass is 9.77. The molecule has 1 aromatic heterocycles. The third-order valence-electron chi connectivity index (χ3n) is 4.79. The van der Waals surface area contributed by atoms with E-state index in [1.807, 2.05) is 54.6 Å². The molecular weight excluding hydrogens is 396 g/mol. The summed E-state index contributed by atoms with van der Waals surface area (Å²) >= 11 is 6.49. The first-order valence-corrected chi connectivity index (χ1v) is 10.3. The van der Waals surface area contributed by atoms with Gasteiger partial charge in [-0.25, -0.2) is 4.98 Å². The summed E-state index contributed by atoms with van der Waals surface area (Å²) in [5.74, 6) is 0.341. The molecule has 29 heavy (non-hydrogen) atoms. The van der Waals surface area contributed by atoms with Crippen LogP contribution >= 0.6 is 23.6 Å². The van der Waals surface area contributed by atoms with E-state index in [0.29, 0.717) is 15.8 Å². The van der Waals surface area contributed by atoms with Crippen LogP contribution < -0.4 is 16.8 Å². The minimum atomic E-state index is -0.665. The molecule has 144 valence electrons. The number of thiazole rings is 1. The molecule has 0 aliphatic carbocycles. The van der Waals surface area contributed by atoms with Crippen LogP contribution in [0.2, 0.25) is 0 Å². The molecule has 1 heterocycles. The fourth-order valence-corrected chi connectivity index (χ4v) is 4.53. The number of hydrogen-bond donors (Lipinski definition) is 3. The zero-order chi connectivity index (χ0) is 20.3. The Hall–Kier alpha value is -3.22. The van der Waals surface area contributed by atoms with Crippen LogP contribution in [0.3, 0.4) is 0 Å². The first-order chi connectivity index (χ1) is 14.1. The van der Waals surface area contributed by atoms with E-state index >= 15 is 0 Å². The van der Waals surface area contributed by atoms with Gasteiger partial charge in [-0.1, -0.05) is 115 Å². The minimum absolute atomic E-state index is 0.248. The lowest BCUT2D eigenvalue weighted by Gasteiger charge is -2.36. The van der Waals surface area contributed by atoms with Crippen molar-refractivity contribution in [3.05, 3.63) is 113 Å². The molecule has 0 fully saturated rings. The van der Waals surface area contributed by atoms with Crippen molar-refractivity contribution in [2.24, 2.45) is 5.73 Å². The van der Waals surface area contributed by atoms with Gasteiger partial charge in [-0.2, -0.15) is 0 Å². The van der Waals surface area contributed by atoms with E-state index in [9.17, 15) is 0 Å². The Morgan fingerprint density at radius 2 is 1.21 bits per heavy atom. The van der Waals surface area contributed by atoms with Crippen LogP contribution in [0.4, 0.5) is 10.9 Å². The van der Waals surface area contributed by atoms with E-state index in [-0.39, 0.29) is 4.99 Å². The molecule has 5 N–H and O–H groups in total. The second-order valence-electron chi connectivity index (χ2n) is 6.57. The Kier molecular flexibility index (Phi) is 5.29. The van der Waals surface area contributed by atoms with Gasteiger partial charge in [-0.3, -0.25) is 0 Å². The normalized spacial score (nSPS) is 11.2. The van der Waals surface area contributed by atoms with Gasteiger partial charge in [0.05, 0.1) is 0 Å². The molecule has 0 atom stereocenters. The van der Waals surface area contributed by atoms with Crippen molar-refractivity contribution in [3.8, 4) is 0 Å². The van der Waals surface area contributed by atoms with Gasteiger partial charge in [-0.15, -0.1) is 0 Å². The van der Waals surface area contributed by atoms with Gasteiger partial charge in [0, 0.05) is 0 Å². The zero-order valence-corrected chi connectivity index (χ0v) is 17.2. The third kappa shape index (κ3) is 3.60. The first kappa shape index (κ1) is 19.1. The smallest absolute Gasteiger partial charge is 0.186 e. The fourth-order valence-electron chi connectivity index (χ4n) is 3.50. The molecule has 4 rings (SSSR count). The molecule has 0 amide bonds. The summed E-state index contributed by atoms with van der Waals surface area (Å²) in [6.07, 6.45) is 0. The summed E-state index contributed by atoms with van der Waals surface area (Å²) in [6, 6.07) is 30.9. The number of benzene rings is 3. The first-order valence-electron chi connectivity index (χ1n) is 9.12.